The molecule has 130 valence electrons. The van der Waals surface area contributed by atoms with Gasteiger partial charge in [-0.3, -0.25) is 14.4 Å². The molecule has 0 aromatic heterocycles. The first-order chi connectivity index (χ1) is 12.6. The van der Waals surface area contributed by atoms with Crippen LogP contribution in [0.2, 0.25) is 0 Å². The van der Waals surface area contributed by atoms with E-state index in [0.717, 1.165) is 11.1 Å². The summed E-state index contributed by atoms with van der Waals surface area (Å²) in [5.41, 5.74) is 2.67. The van der Waals surface area contributed by atoms with E-state index in [-0.39, 0.29) is 12.5 Å². The van der Waals surface area contributed by atoms with Crippen LogP contribution >= 0.6 is 0 Å². The van der Waals surface area contributed by atoms with Gasteiger partial charge in [0.2, 0.25) is 11.8 Å². The minimum absolute atomic E-state index is 0.0632. The van der Waals surface area contributed by atoms with Crippen LogP contribution in [0.3, 0.4) is 0 Å². The number of aryl methyl sites for hydroxylation is 1. The van der Waals surface area contributed by atoms with Crippen LogP contribution < -0.4 is 10.6 Å². The van der Waals surface area contributed by atoms with Crippen molar-refractivity contribution in [1.82, 2.24) is 5.32 Å². The summed E-state index contributed by atoms with van der Waals surface area (Å²) >= 11 is 0. The SMILES string of the molecule is N#CC(C(=O)NCc1ccccc1)C(=O)c1ccc2c(c1)CCC(=O)N2. The van der Waals surface area contributed by atoms with Crippen molar-refractivity contribution >= 4 is 23.3 Å². The molecule has 0 bridgehead atoms. The minimum atomic E-state index is -1.41. The number of anilines is 1. The van der Waals surface area contributed by atoms with Crippen LogP contribution in [-0.2, 0) is 22.6 Å². The Labute approximate surface area is 150 Å². The molecule has 1 atom stereocenters. The van der Waals surface area contributed by atoms with Gasteiger partial charge in [-0.25, -0.2) is 0 Å². The van der Waals surface area contributed by atoms with Gasteiger partial charge in [0, 0.05) is 24.2 Å². The van der Waals surface area contributed by atoms with Gasteiger partial charge in [-0.1, -0.05) is 30.3 Å². The maximum atomic E-state index is 12.6. The van der Waals surface area contributed by atoms with Crippen LogP contribution in [0.1, 0.15) is 27.9 Å². The van der Waals surface area contributed by atoms with Crippen molar-refractivity contribution in [2.24, 2.45) is 5.92 Å². The number of carbonyl (C=O) groups is 3. The Balaban J connectivity index is 1.71. The highest BCUT2D eigenvalue weighted by atomic mass is 16.2. The van der Waals surface area contributed by atoms with Crippen LogP contribution in [0.15, 0.2) is 48.5 Å². The summed E-state index contributed by atoms with van der Waals surface area (Å²) in [6, 6.07) is 15.9. The molecule has 0 spiro atoms. The van der Waals surface area contributed by atoms with Gasteiger partial charge in [-0.2, -0.15) is 5.26 Å². The summed E-state index contributed by atoms with van der Waals surface area (Å²) in [5.74, 6) is -2.63. The third-order valence-electron chi connectivity index (χ3n) is 4.25. The number of hydrogen-bond acceptors (Lipinski definition) is 4. The van der Waals surface area contributed by atoms with E-state index in [0.29, 0.717) is 24.1 Å². The van der Waals surface area contributed by atoms with Gasteiger partial charge >= 0.3 is 0 Å². The number of nitrogens with zero attached hydrogens (tertiary/aromatic N) is 1. The number of amides is 2. The summed E-state index contributed by atoms with van der Waals surface area (Å²) in [7, 11) is 0. The zero-order chi connectivity index (χ0) is 18.5. The van der Waals surface area contributed by atoms with Crippen molar-refractivity contribution in [3.8, 4) is 6.07 Å². The van der Waals surface area contributed by atoms with E-state index in [2.05, 4.69) is 10.6 Å². The molecule has 3 rings (SSSR count). The molecule has 0 aliphatic carbocycles. The number of fused-ring (bicyclic) bond motifs is 1. The zero-order valence-corrected chi connectivity index (χ0v) is 14.0. The Kier molecular flexibility index (Phi) is 5.09. The second kappa shape index (κ2) is 7.62. The first-order valence-electron chi connectivity index (χ1n) is 8.26. The lowest BCUT2D eigenvalue weighted by Crippen LogP contribution is -2.34. The molecule has 1 aliphatic rings. The average Bonchev–Trinajstić information content (AvgIpc) is 2.67. The number of benzene rings is 2. The molecule has 26 heavy (non-hydrogen) atoms. The van der Waals surface area contributed by atoms with Crippen LogP contribution in [-0.4, -0.2) is 17.6 Å². The maximum absolute atomic E-state index is 12.6. The van der Waals surface area contributed by atoms with Crippen molar-refractivity contribution < 1.29 is 14.4 Å². The van der Waals surface area contributed by atoms with Crippen LogP contribution in [0.4, 0.5) is 5.69 Å². The Morgan fingerprint density at radius 3 is 2.65 bits per heavy atom. The van der Waals surface area contributed by atoms with Crippen molar-refractivity contribution in [2.45, 2.75) is 19.4 Å². The van der Waals surface area contributed by atoms with Crippen LogP contribution in [0, 0.1) is 17.2 Å². The quantitative estimate of drug-likeness (QED) is 0.640. The van der Waals surface area contributed by atoms with E-state index in [9.17, 15) is 19.6 Å². The number of Topliss-reactive ketones (excluding diaryl/α,β-unsaturated/α-hetero) is 1. The normalized spacial score (nSPS) is 13.7. The maximum Gasteiger partial charge on any atom is 0.245 e. The molecular formula is C20H17N3O3. The van der Waals surface area contributed by atoms with Gasteiger partial charge in [-0.05, 0) is 35.7 Å². The Morgan fingerprint density at radius 2 is 1.92 bits per heavy atom. The fourth-order valence-electron chi connectivity index (χ4n) is 2.83. The molecule has 6 heteroatoms. The fraction of sp³-hybridized carbons (Fsp3) is 0.200. The number of nitrogens with one attached hydrogen (secondary N) is 2. The fourth-order valence-corrected chi connectivity index (χ4v) is 2.83. The Hall–Kier alpha value is -3.46. The topological polar surface area (TPSA) is 99.1 Å². The second-order valence-electron chi connectivity index (χ2n) is 6.05. The molecule has 0 saturated heterocycles. The van der Waals surface area contributed by atoms with E-state index >= 15 is 0 Å². The molecule has 2 N–H and O–H groups in total. The lowest BCUT2D eigenvalue weighted by atomic mass is 9.93. The second-order valence-corrected chi connectivity index (χ2v) is 6.05. The molecule has 2 amide bonds. The predicted molar refractivity (Wildman–Crippen MR) is 95.1 cm³/mol. The molecule has 1 unspecified atom stereocenters. The third kappa shape index (κ3) is 3.78. The van der Waals surface area contributed by atoms with Gasteiger partial charge < -0.3 is 10.6 Å². The number of carbonyl (C=O) groups excluding carboxylic acids is 3. The smallest absolute Gasteiger partial charge is 0.245 e. The van der Waals surface area contributed by atoms with Gasteiger partial charge in [0.15, 0.2) is 11.7 Å². The van der Waals surface area contributed by atoms with E-state index in [1.54, 1.807) is 18.2 Å². The van der Waals surface area contributed by atoms with Crippen molar-refractivity contribution in [3.63, 3.8) is 0 Å². The monoisotopic (exact) mass is 347 g/mol. The molecule has 1 heterocycles. The van der Waals surface area contributed by atoms with Gasteiger partial charge in [0.1, 0.15) is 0 Å². The average molecular weight is 347 g/mol. The summed E-state index contributed by atoms with van der Waals surface area (Å²) in [6.45, 7) is 0.251. The van der Waals surface area contributed by atoms with Crippen LogP contribution in [0.25, 0.3) is 0 Å². The minimum Gasteiger partial charge on any atom is -0.350 e. The highest BCUT2D eigenvalue weighted by Crippen LogP contribution is 2.24. The highest BCUT2D eigenvalue weighted by Gasteiger charge is 2.28. The Bertz CT molecular complexity index is 900. The zero-order valence-electron chi connectivity index (χ0n) is 14.0. The Morgan fingerprint density at radius 1 is 1.15 bits per heavy atom. The van der Waals surface area contributed by atoms with Crippen LogP contribution in [0.5, 0.6) is 0 Å². The van der Waals surface area contributed by atoms with Gasteiger partial charge in [0.05, 0.1) is 6.07 Å². The summed E-state index contributed by atoms with van der Waals surface area (Å²) in [5, 5.41) is 14.7. The van der Waals surface area contributed by atoms with E-state index in [1.165, 1.54) is 6.07 Å². The van der Waals surface area contributed by atoms with Gasteiger partial charge in [0.25, 0.3) is 0 Å². The third-order valence-corrected chi connectivity index (χ3v) is 4.25. The molecule has 1 aliphatic heterocycles. The van der Waals surface area contributed by atoms with E-state index < -0.39 is 17.6 Å². The summed E-state index contributed by atoms with van der Waals surface area (Å²) in [6.07, 6.45) is 0.879. The number of ketones is 1. The first kappa shape index (κ1) is 17.4. The van der Waals surface area contributed by atoms with Crippen molar-refractivity contribution in [1.29, 1.82) is 5.26 Å². The standard InChI is InChI=1S/C20H17N3O3/c21-11-16(20(26)22-12-13-4-2-1-3-5-13)19(25)15-6-8-17-14(10-15)7-9-18(24)23-17/h1-6,8,10,16H,7,9,12H2,(H,22,26)(H,23,24). The van der Waals surface area contributed by atoms with E-state index in [4.69, 9.17) is 0 Å². The molecule has 0 saturated carbocycles. The first-order valence-corrected chi connectivity index (χ1v) is 8.26. The van der Waals surface area contributed by atoms with E-state index in [1.807, 2.05) is 30.3 Å². The molecule has 0 radical (unpaired) electrons. The summed E-state index contributed by atoms with van der Waals surface area (Å²) in [4.78, 5) is 36.3. The summed E-state index contributed by atoms with van der Waals surface area (Å²) < 4.78 is 0. The lowest BCUT2D eigenvalue weighted by Gasteiger charge is -2.17. The number of rotatable bonds is 5. The molecule has 2 aromatic rings. The number of nitriles is 1. The van der Waals surface area contributed by atoms with Crippen molar-refractivity contribution in [2.75, 3.05) is 5.32 Å². The predicted octanol–water partition coefficient (Wildman–Crippen LogP) is 2.21. The molecule has 2 aromatic carbocycles. The van der Waals surface area contributed by atoms with Gasteiger partial charge in [-0.15, -0.1) is 0 Å². The highest BCUT2D eigenvalue weighted by molar-refractivity contribution is 6.12. The number of hydrogen-bond donors (Lipinski definition) is 2. The largest absolute Gasteiger partial charge is 0.350 e. The molecule has 0 fully saturated rings. The molecular weight excluding hydrogens is 330 g/mol. The van der Waals surface area contributed by atoms with Crippen molar-refractivity contribution in [3.05, 3.63) is 65.2 Å². The molecule has 6 nitrogen and oxygen atoms in total. The lowest BCUT2D eigenvalue weighted by molar-refractivity contribution is -0.122.